The summed E-state index contributed by atoms with van der Waals surface area (Å²) >= 11 is 0. The van der Waals surface area contributed by atoms with E-state index >= 15 is 0 Å². The van der Waals surface area contributed by atoms with Gasteiger partial charge in [0.1, 0.15) is 0 Å². The molecule has 0 saturated carbocycles. The van der Waals surface area contributed by atoms with E-state index in [0.717, 1.165) is 17.1 Å². The average Bonchev–Trinajstić information content (AvgIpc) is 2.95. The first kappa shape index (κ1) is 17.2. The standard InChI is InChI=1S/C18H17N5O3/c1-11-10-14(12(2)23(11)13-6-4-3-5-7-13)17(25)21-22-18(26)15-8-9-16(24)20-19-15/h3-10H,1-2H3,(H,20,24)(H,21,25)(H,22,26). The van der Waals surface area contributed by atoms with E-state index in [1.165, 1.54) is 12.1 Å². The molecule has 0 radical (unpaired) electrons. The van der Waals surface area contributed by atoms with E-state index in [0.29, 0.717) is 5.56 Å². The van der Waals surface area contributed by atoms with Gasteiger partial charge in [-0.1, -0.05) is 18.2 Å². The highest BCUT2D eigenvalue weighted by Gasteiger charge is 2.17. The van der Waals surface area contributed by atoms with Gasteiger partial charge in [0, 0.05) is 23.1 Å². The highest BCUT2D eigenvalue weighted by Crippen LogP contribution is 2.20. The quantitative estimate of drug-likeness (QED) is 0.617. The van der Waals surface area contributed by atoms with Crippen molar-refractivity contribution in [1.29, 1.82) is 0 Å². The molecular formula is C18H17N5O3. The van der Waals surface area contributed by atoms with Crippen LogP contribution < -0.4 is 16.4 Å². The normalized spacial score (nSPS) is 10.4. The van der Waals surface area contributed by atoms with E-state index < -0.39 is 17.4 Å². The summed E-state index contributed by atoms with van der Waals surface area (Å²) in [6.07, 6.45) is 0. The summed E-state index contributed by atoms with van der Waals surface area (Å²) in [6.45, 7) is 3.74. The van der Waals surface area contributed by atoms with Crippen LogP contribution in [0.2, 0.25) is 0 Å². The molecule has 0 atom stereocenters. The SMILES string of the molecule is Cc1cc(C(=O)NNC(=O)c2ccc(=O)[nH]n2)c(C)n1-c1ccccc1. The zero-order chi connectivity index (χ0) is 18.7. The molecule has 1 aromatic carbocycles. The van der Waals surface area contributed by atoms with Crippen molar-refractivity contribution in [2.45, 2.75) is 13.8 Å². The number of H-pyrrole nitrogens is 1. The Hall–Kier alpha value is -3.68. The van der Waals surface area contributed by atoms with Crippen LogP contribution in [0.25, 0.3) is 5.69 Å². The maximum absolute atomic E-state index is 12.4. The number of rotatable bonds is 3. The number of amides is 2. The number of nitrogens with one attached hydrogen (secondary N) is 3. The van der Waals surface area contributed by atoms with E-state index in [9.17, 15) is 14.4 Å². The molecule has 3 aromatic rings. The lowest BCUT2D eigenvalue weighted by molar-refractivity contribution is 0.0843. The van der Waals surface area contributed by atoms with Crippen molar-refractivity contribution in [3.63, 3.8) is 0 Å². The molecule has 0 aliphatic rings. The molecule has 3 rings (SSSR count). The predicted octanol–water partition coefficient (Wildman–Crippen LogP) is 1.25. The second-order valence-electron chi connectivity index (χ2n) is 5.67. The molecule has 8 heteroatoms. The largest absolute Gasteiger partial charge is 0.318 e. The van der Waals surface area contributed by atoms with Gasteiger partial charge in [-0.3, -0.25) is 25.2 Å². The smallest absolute Gasteiger partial charge is 0.290 e. The number of hydrogen-bond acceptors (Lipinski definition) is 4. The topological polar surface area (TPSA) is 109 Å². The second kappa shape index (κ2) is 7.06. The lowest BCUT2D eigenvalue weighted by Gasteiger charge is -2.10. The van der Waals surface area contributed by atoms with Crippen LogP contribution in [-0.4, -0.2) is 26.6 Å². The molecule has 0 spiro atoms. The van der Waals surface area contributed by atoms with Crippen LogP contribution in [0.5, 0.6) is 0 Å². The maximum atomic E-state index is 12.4. The van der Waals surface area contributed by atoms with E-state index in [2.05, 4.69) is 21.0 Å². The van der Waals surface area contributed by atoms with E-state index in [-0.39, 0.29) is 5.69 Å². The van der Waals surface area contributed by atoms with Crippen LogP contribution in [0.3, 0.4) is 0 Å². The second-order valence-corrected chi connectivity index (χ2v) is 5.67. The first-order valence-corrected chi connectivity index (χ1v) is 7.88. The Bertz CT molecular complexity index is 1000. The van der Waals surface area contributed by atoms with E-state index in [1.807, 2.05) is 48.7 Å². The van der Waals surface area contributed by atoms with Crippen molar-refractivity contribution in [2.75, 3.05) is 0 Å². The molecule has 0 unspecified atom stereocenters. The summed E-state index contributed by atoms with van der Waals surface area (Å²) in [5.41, 5.74) is 7.25. The molecule has 0 saturated heterocycles. The molecule has 0 aliphatic heterocycles. The molecule has 0 bridgehead atoms. The molecule has 2 aromatic heterocycles. The number of aromatic amines is 1. The van der Waals surface area contributed by atoms with Gasteiger partial charge in [0.15, 0.2) is 5.69 Å². The number of hydrazine groups is 1. The Morgan fingerprint density at radius 3 is 2.35 bits per heavy atom. The fourth-order valence-corrected chi connectivity index (χ4v) is 2.68. The van der Waals surface area contributed by atoms with Crippen molar-refractivity contribution in [1.82, 2.24) is 25.6 Å². The Morgan fingerprint density at radius 2 is 1.69 bits per heavy atom. The molecule has 26 heavy (non-hydrogen) atoms. The summed E-state index contributed by atoms with van der Waals surface area (Å²) in [5, 5.41) is 5.76. The molecule has 3 N–H and O–H groups in total. The number of hydrogen-bond donors (Lipinski definition) is 3. The molecule has 132 valence electrons. The van der Waals surface area contributed by atoms with Crippen molar-refractivity contribution < 1.29 is 9.59 Å². The van der Waals surface area contributed by atoms with Gasteiger partial charge in [-0.2, -0.15) is 5.10 Å². The van der Waals surface area contributed by atoms with Gasteiger partial charge in [-0.05, 0) is 38.1 Å². The summed E-state index contributed by atoms with van der Waals surface area (Å²) in [7, 11) is 0. The lowest BCUT2D eigenvalue weighted by Crippen LogP contribution is -2.42. The number of para-hydroxylation sites is 1. The van der Waals surface area contributed by atoms with Gasteiger partial charge in [-0.25, -0.2) is 5.10 Å². The van der Waals surface area contributed by atoms with E-state index in [1.54, 1.807) is 6.07 Å². The summed E-state index contributed by atoms with van der Waals surface area (Å²) in [4.78, 5) is 35.4. The minimum atomic E-state index is -0.633. The van der Waals surface area contributed by atoms with Gasteiger partial charge in [0.25, 0.3) is 17.4 Å². The Morgan fingerprint density at radius 1 is 1.00 bits per heavy atom. The van der Waals surface area contributed by atoms with E-state index in [4.69, 9.17) is 0 Å². The number of aromatic nitrogens is 3. The number of carbonyl (C=O) groups excluding carboxylic acids is 2. The third-order valence-corrected chi connectivity index (χ3v) is 3.89. The first-order valence-electron chi connectivity index (χ1n) is 7.88. The van der Waals surface area contributed by atoms with Crippen molar-refractivity contribution in [2.24, 2.45) is 0 Å². The van der Waals surface area contributed by atoms with Crippen molar-refractivity contribution >= 4 is 11.8 Å². The van der Waals surface area contributed by atoms with Crippen LogP contribution >= 0.6 is 0 Å². The Kier molecular flexibility index (Phi) is 4.66. The fraction of sp³-hybridized carbons (Fsp3) is 0.111. The molecule has 2 heterocycles. The lowest BCUT2D eigenvalue weighted by atomic mass is 10.2. The van der Waals surface area contributed by atoms with Crippen molar-refractivity contribution in [3.8, 4) is 5.69 Å². The zero-order valence-corrected chi connectivity index (χ0v) is 14.2. The van der Waals surface area contributed by atoms with Gasteiger partial charge in [-0.15, -0.1) is 0 Å². The van der Waals surface area contributed by atoms with Gasteiger partial charge >= 0.3 is 0 Å². The average molecular weight is 351 g/mol. The molecular weight excluding hydrogens is 334 g/mol. The zero-order valence-electron chi connectivity index (χ0n) is 14.2. The van der Waals surface area contributed by atoms with Crippen LogP contribution in [-0.2, 0) is 0 Å². The van der Waals surface area contributed by atoms with Crippen LogP contribution in [0.15, 0.2) is 53.3 Å². The fourth-order valence-electron chi connectivity index (χ4n) is 2.68. The van der Waals surface area contributed by atoms with Crippen LogP contribution in [0.1, 0.15) is 32.2 Å². The monoisotopic (exact) mass is 351 g/mol. The summed E-state index contributed by atoms with van der Waals surface area (Å²) < 4.78 is 1.96. The summed E-state index contributed by atoms with van der Waals surface area (Å²) in [6, 6.07) is 13.9. The highest BCUT2D eigenvalue weighted by molar-refractivity contribution is 5.99. The number of carbonyl (C=O) groups is 2. The number of aryl methyl sites for hydroxylation is 1. The Labute approximate surface area is 148 Å². The van der Waals surface area contributed by atoms with Gasteiger partial charge in [0.2, 0.25) is 0 Å². The predicted molar refractivity (Wildman–Crippen MR) is 95.0 cm³/mol. The van der Waals surface area contributed by atoms with Gasteiger partial charge in [0.05, 0.1) is 5.56 Å². The third kappa shape index (κ3) is 3.39. The van der Waals surface area contributed by atoms with Gasteiger partial charge < -0.3 is 4.57 Å². The highest BCUT2D eigenvalue weighted by atomic mass is 16.2. The maximum Gasteiger partial charge on any atom is 0.290 e. The number of benzene rings is 1. The molecule has 0 aliphatic carbocycles. The number of nitrogens with zero attached hydrogens (tertiary/aromatic N) is 2. The third-order valence-electron chi connectivity index (χ3n) is 3.89. The molecule has 0 fully saturated rings. The minimum Gasteiger partial charge on any atom is -0.318 e. The Balaban J connectivity index is 1.75. The minimum absolute atomic E-state index is 0.0142. The van der Waals surface area contributed by atoms with Crippen molar-refractivity contribution in [3.05, 3.63) is 81.5 Å². The summed E-state index contributed by atoms with van der Waals surface area (Å²) in [5.74, 6) is -1.08. The molecule has 2 amide bonds. The van der Waals surface area contributed by atoms with Crippen LogP contribution in [0.4, 0.5) is 0 Å². The van der Waals surface area contributed by atoms with Crippen LogP contribution in [0, 0.1) is 13.8 Å². The first-order chi connectivity index (χ1) is 12.5. The molecule has 8 nitrogen and oxygen atoms in total.